The first-order chi connectivity index (χ1) is 16.6. The number of aliphatic hydroxyl groups is 1. The highest BCUT2D eigenvalue weighted by atomic mass is 16.3. The fraction of sp³-hybridized carbons (Fsp3) is 0.824. The van der Waals surface area contributed by atoms with Crippen molar-refractivity contribution in [2.45, 2.75) is 151 Å². The molecule has 0 spiro atoms. The van der Waals surface area contributed by atoms with Crippen LogP contribution in [0.15, 0.2) is 30.3 Å². The van der Waals surface area contributed by atoms with Crippen LogP contribution < -0.4 is 0 Å². The second kappa shape index (κ2) is 12.1. The van der Waals surface area contributed by atoms with Crippen molar-refractivity contribution in [2.75, 3.05) is 0 Å². The lowest BCUT2D eigenvalue weighted by Crippen LogP contribution is -2.77. The van der Waals surface area contributed by atoms with E-state index in [1.807, 2.05) is 0 Å². The van der Waals surface area contributed by atoms with Gasteiger partial charge in [-0.15, -0.1) is 0 Å². The van der Waals surface area contributed by atoms with Crippen LogP contribution in [0.4, 0.5) is 0 Å². The lowest BCUT2D eigenvalue weighted by atomic mass is 9.28. The molecule has 1 heteroatoms. The van der Waals surface area contributed by atoms with Crippen molar-refractivity contribution in [3.63, 3.8) is 0 Å². The molecule has 35 heavy (non-hydrogen) atoms. The first kappa shape index (κ1) is 30.4. The Hall–Kier alpha value is -0.820. The van der Waals surface area contributed by atoms with Gasteiger partial charge < -0.3 is 5.11 Å². The van der Waals surface area contributed by atoms with E-state index in [2.05, 4.69) is 92.6 Å². The summed E-state index contributed by atoms with van der Waals surface area (Å²) in [7, 11) is 0. The quantitative estimate of drug-likeness (QED) is 0.278. The molecule has 0 aromatic heterocycles. The number of hydrogen-bond donors (Lipinski definition) is 1. The van der Waals surface area contributed by atoms with Crippen molar-refractivity contribution in [3.05, 3.63) is 35.9 Å². The minimum absolute atomic E-state index is 0.0687. The fourth-order valence-electron chi connectivity index (χ4n) is 10.1. The molecular weight excluding hydrogens is 424 g/mol. The summed E-state index contributed by atoms with van der Waals surface area (Å²) >= 11 is 0. The summed E-state index contributed by atoms with van der Waals surface area (Å²) in [5.74, 6) is 0.494. The van der Waals surface area contributed by atoms with Gasteiger partial charge in [-0.25, -0.2) is 0 Å². The van der Waals surface area contributed by atoms with Gasteiger partial charge in [0.1, 0.15) is 0 Å². The molecule has 1 nitrogen and oxygen atoms in total. The molecule has 1 aliphatic rings. The van der Waals surface area contributed by atoms with E-state index >= 15 is 0 Å². The van der Waals surface area contributed by atoms with E-state index in [9.17, 15) is 5.11 Å². The van der Waals surface area contributed by atoms with Gasteiger partial charge in [0.15, 0.2) is 0 Å². The summed E-state index contributed by atoms with van der Waals surface area (Å²) < 4.78 is 0. The second-order valence-electron chi connectivity index (χ2n) is 12.5. The number of benzene rings is 1. The van der Waals surface area contributed by atoms with E-state index in [-0.39, 0.29) is 21.7 Å². The summed E-state index contributed by atoms with van der Waals surface area (Å²) in [6.45, 7) is 21.8. The van der Waals surface area contributed by atoms with E-state index in [4.69, 9.17) is 0 Å². The highest BCUT2D eigenvalue weighted by molar-refractivity contribution is 5.28. The van der Waals surface area contributed by atoms with Crippen molar-refractivity contribution in [2.24, 2.45) is 27.6 Å². The van der Waals surface area contributed by atoms with Gasteiger partial charge in [-0.3, -0.25) is 0 Å². The van der Waals surface area contributed by atoms with Gasteiger partial charge in [-0.05, 0) is 79.1 Å². The van der Waals surface area contributed by atoms with Crippen molar-refractivity contribution < 1.29 is 5.11 Å². The molecule has 5 unspecified atom stereocenters. The third kappa shape index (κ3) is 4.45. The summed E-state index contributed by atoms with van der Waals surface area (Å²) in [6, 6.07) is 11.3. The maximum atomic E-state index is 13.3. The fourth-order valence-corrected chi connectivity index (χ4v) is 10.1. The van der Waals surface area contributed by atoms with Crippen LogP contribution in [0.3, 0.4) is 0 Å². The average Bonchev–Trinajstić information content (AvgIpc) is 2.86. The molecule has 0 saturated heterocycles. The SMILES string of the molecule is CCCCC1(CC)C(C)(Cc2ccccc2)C(CCC)C(C)(CC)C(O)(CC)C1(CCC)CCC. The summed E-state index contributed by atoms with van der Waals surface area (Å²) in [5, 5.41) is 13.3. The van der Waals surface area contributed by atoms with E-state index in [1.54, 1.807) is 0 Å². The largest absolute Gasteiger partial charge is 0.389 e. The van der Waals surface area contributed by atoms with Gasteiger partial charge in [0.2, 0.25) is 0 Å². The van der Waals surface area contributed by atoms with Gasteiger partial charge in [0, 0.05) is 5.41 Å². The molecule has 1 N–H and O–H groups in total. The smallest absolute Gasteiger partial charge is 0.0762 e. The molecule has 2 rings (SSSR count). The molecule has 0 heterocycles. The van der Waals surface area contributed by atoms with E-state index in [1.165, 1.54) is 44.1 Å². The highest BCUT2D eigenvalue weighted by Gasteiger charge is 2.76. The number of hydrogen-bond acceptors (Lipinski definition) is 1. The molecular formula is C34H60O. The Balaban J connectivity index is 3.07. The Labute approximate surface area is 219 Å². The maximum Gasteiger partial charge on any atom is 0.0762 e. The molecule has 1 aromatic rings. The van der Waals surface area contributed by atoms with Crippen LogP contribution in [0.1, 0.15) is 145 Å². The predicted octanol–water partition coefficient (Wildman–Crippen LogP) is 10.4. The second-order valence-corrected chi connectivity index (χ2v) is 12.5. The van der Waals surface area contributed by atoms with Gasteiger partial charge in [0.05, 0.1) is 5.60 Å². The zero-order valence-corrected chi connectivity index (χ0v) is 25.1. The normalized spacial score (nSPS) is 34.7. The third-order valence-electron chi connectivity index (χ3n) is 11.4. The molecule has 1 saturated carbocycles. The molecule has 0 aliphatic heterocycles. The number of rotatable bonds is 14. The van der Waals surface area contributed by atoms with Crippen molar-refractivity contribution in [1.29, 1.82) is 0 Å². The first-order valence-electron chi connectivity index (χ1n) is 15.4. The molecule has 0 amide bonds. The molecule has 1 aliphatic carbocycles. The molecule has 1 fully saturated rings. The predicted molar refractivity (Wildman–Crippen MR) is 155 cm³/mol. The lowest BCUT2D eigenvalue weighted by molar-refractivity contribution is -0.336. The van der Waals surface area contributed by atoms with Crippen molar-refractivity contribution >= 4 is 0 Å². The number of unbranched alkanes of at least 4 members (excludes halogenated alkanes) is 1. The Morgan fingerprint density at radius 3 is 1.69 bits per heavy atom. The van der Waals surface area contributed by atoms with Crippen molar-refractivity contribution in [3.8, 4) is 0 Å². The maximum absolute atomic E-state index is 13.3. The monoisotopic (exact) mass is 484 g/mol. The van der Waals surface area contributed by atoms with Crippen LogP contribution in [-0.2, 0) is 6.42 Å². The van der Waals surface area contributed by atoms with Gasteiger partial charge >= 0.3 is 0 Å². The Bertz CT molecular complexity index is 749. The van der Waals surface area contributed by atoms with Crippen LogP contribution in [0.5, 0.6) is 0 Å². The van der Waals surface area contributed by atoms with Gasteiger partial charge in [0.25, 0.3) is 0 Å². The third-order valence-corrected chi connectivity index (χ3v) is 11.4. The first-order valence-corrected chi connectivity index (χ1v) is 15.4. The minimum Gasteiger partial charge on any atom is -0.389 e. The van der Waals surface area contributed by atoms with Crippen LogP contribution >= 0.6 is 0 Å². The minimum atomic E-state index is -0.652. The molecule has 1 aromatic carbocycles. The van der Waals surface area contributed by atoms with Crippen LogP contribution in [0.25, 0.3) is 0 Å². The van der Waals surface area contributed by atoms with Crippen LogP contribution in [0.2, 0.25) is 0 Å². The Kier molecular flexibility index (Phi) is 10.6. The summed E-state index contributed by atoms with van der Waals surface area (Å²) in [5.41, 5.74) is 0.896. The topological polar surface area (TPSA) is 20.2 Å². The Morgan fingerprint density at radius 1 is 0.657 bits per heavy atom. The van der Waals surface area contributed by atoms with Gasteiger partial charge in [-0.1, -0.05) is 125 Å². The average molecular weight is 485 g/mol. The summed E-state index contributed by atoms with van der Waals surface area (Å²) in [4.78, 5) is 0. The van der Waals surface area contributed by atoms with Gasteiger partial charge in [-0.2, -0.15) is 0 Å². The van der Waals surface area contributed by atoms with Crippen LogP contribution in [-0.4, -0.2) is 10.7 Å². The van der Waals surface area contributed by atoms with E-state index in [0.29, 0.717) is 5.92 Å². The molecule has 0 bridgehead atoms. The molecule has 0 radical (unpaired) electrons. The zero-order valence-electron chi connectivity index (χ0n) is 25.1. The summed E-state index contributed by atoms with van der Waals surface area (Å²) in [6.07, 6.45) is 14.9. The molecule has 5 atom stereocenters. The lowest BCUT2D eigenvalue weighted by Gasteiger charge is -2.77. The van der Waals surface area contributed by atoms with Crippen LogP contribution in [0, 0.1) is 27.6 Å². The van der Waals surface area contributed by atoms with E-state index in [0.717, 1.165) is 44.9 Å². The van der Waals surface area contributed by atoms with E-state index < -0.39 is 5.60 Å². The standard InChI is InChI=1S/C34H60O/c1-10-17-26-32(15-6)31(9,27-28-22-19-18-20-23-28)29(21-11-2)30(8,14-5)34(35,16-7)33(32,24-12-3)25-13-4/h18-20,22-23,29,35H,10-17,21,24-27H2,1-9H3. The highest BCUT2D eigenvalue weighted by Crippen LogP contribution is 2.78. The molecule has 202 valence electrons. The zero-order chi connectivity index (χ0) is 26.4. The van der Waals surface area contributed by atoms with Crippen molar-refractivity contribution in [1.82, 2.24) is 0 Å². The Morgan fingerprint density at radius 2 is 1.26 bits per heavy atom.